The zero-order valence-corrected chi connectivity index (χ0v) is 14.2. The van der Waals surface area contributed by atoms with E-state index >= 15 is 0 Å². The molecule has 1 aliphatic heterocycles. The van der Waals surface area contributed by atoms with Crippen LogP contribution in [-0.2, 0) is 11.2 Å². The molecule has 1 aromatic heterocycles. The number of nitrogens with zero attached hydrogens (tertiary/aromatic N) is 2. The Morgan fingerprint density at radius 3 is 2.58 bits per heavy atom. The summed E-state index contributed by atoms with van der Waals surface area (Å²) < 4.78 is 18.6. The molecule has 2 unspecified atom stereocenters. The van der Waals surface area contributed by atoms with Crippen molar-refractivity contribution in [1.29, 1.82) is 0 Å². The molecule has 4 nitrogen and oxygen atoms in total. The highest BCUT2D eigenvalue weighted by Crippen LogP contribution is 2.23. The first kappa shape index (κ1) is 16.7. The number of oxazole rings is 1. The molecule has 1 fully saturated rings. The van der Waals surface area contributed by atoms with Crippen LogP contribution in [0.1, 0.15) is 32.6 Å². The van der Waals surface area contributed by atoms with E-state index in [0.717, 1.165) is 18.7 Å². The minimum absolute atomic E-state index is 0.162. The molecule has 1 saturated heterocycles. The summed E-state index contributed by atoms with van der Waals surface area (Å²) in [5, 5.41) is 0. The van der Waals surface area contributed by atoms with Crippen LogP contribution in [0, 0.1) is 17.7 Å². The monoisotopic (exact) mass is 330 g/mol. The molecular weight excluding hydrogens is 307 g/mol. The number of amides is 1. The standard InChI is InChI=1S/C19H23FN2O2/c1-13-9-14(2)12-22(11-13)19(23)8-7-18-21-10-17(24-18)15-3-5-16(20)6-4-15/h3-6,10,13-14H,7-9,11-12H2,1-2H3. The Morgan fingerprint density at radius 2 is 1.92 bits per heavy atom. The molecule has 0 saturated carbocycles. The first-order valence-corrected chi connectivity index (χ1v) is 8.49. The van der Waals surface area contributed by atoms with Gasteiger partial charge in [-0.05, 0) is 42.5 Å². The Labute approximate surface area is 141 Å². The van der Waals surface area contributed by atoms with E-state index in [-0.39, 0.29) is 11.7 Å². The lowest BCUT2D eigenvalue weighted by atomic mass is 9.91. The van der Waals surface area contributed by atoms with E-state index in [0.29, 0.717) is 36.3 Å². The molecule has 0 aliphatic carbocycles. The highest BCUT2D eigenvalue weighted by molar-refractivity contribution is 5.76. The smallest absolute Gasteiger partial charge is 0.223 e. The summed E-state index contributed by atoms with van der Waals surface area (Å²) in [6, 6.07) is 6.09. The van der Waals surface area contributed by atoms with E-state index in [4.69, 9.17) is 4.42 Å². The fraction of sp³-hybridized carbons (Fsp3) is 0.474. The van der Waals surface area contributed by atoms with Gasteiger partial charge >= 0.3 is 0 Å². The van der Waals surface area contributed by atoms with Gasteiger partial charge < -0.3 is 9.32 Å². The average molecular weight is 330 g/mol. The maximum Gasteiger partial charge on any atom is 0.223 e. The van der Waals surface area contributed by atoms with Gasteiger partial charge in [0.1, 0.15) is 5.82 Å². The van der Waals surface area contributed by atoms with Crippen LogP contribution >= 0.6 is 0 Å². The Morgan fingerprint density at radius 1 is 1.25 bits per heavy atom. The van der Waals surface area contributed by atoms with Crippen molar-refractivity contribution in [1.82, 2.24) is 9.88 Å². The van der Waals surface area contributed by atoms with E-state index in [1.54, 1.807) is 18.3 Å². The minimum Gasteiger partial charge on any atom is -0.441 e. The van der Waals surface area contributed by atoms with Crippen LogP contribution in [-0.4, -0.2) is 28.9 Å². The quantitative estimate of drug-likeness (QED) is 0.853. The molecule has 0 spiro atoms. The van der Waals surface area contributed by atoms with E-state index in [1.807, 2.05) is 4.90 Å². The van der Waals surface area contributed by atoms with Gasteiger partial charge in [-0.25, -0.2) is 9.37 Å². The van der Waals surface area contributed by atoms with Crippen molar-refractivity contribution in [3.63, 3.8) is 0 Å². The number of hydrogen-bond acceptors (Lipinski definition) is 3. The summed E-state index contributed by atoms with van der Waals surface area (Å²) in [5.74, 6) is 2.14. The Kier molecular flexibility index (Phi) is 4.97. The number of carbonyl (C=O) groups excluding carboxylic acids is 1. The normalized spacial score (nSPS) is 21.0. The first-order valence-electron chi connectivity index (χ1n) is 8.49. The summed E-state index contributed by atoms with van der Waals surface area (Å²) in [7, 11) is 0. The van der Waals surface area contributed by atoms with E-state index < -0.39 is 0 Å². The Bertz CT molecular complexity index is 686. The van der Waals surface area contributed by atoms with Gasteiger partial charge in [0.25, 0.3) is 0 Å². The topological polar surface area (TPSA) is 46.3 Å². The molecule has 2 heterocycles. The third kappa shape index (κ3) is 4.02. The van der Waals surface area contributed by atoms with Gasteiger partial charge in [-0.2, -0.15) is 0 Å². The number of halogens is 1. The van der Waals surface area contributed by atoms with Crippen LogP contribution in [0.4, 0.5) is 4.39 Å². The summed E-state index contributed by atoms with van der Waals surface area (Å²) in [5.41, 5.74) is 0.778. The van der Waals surface area contributed by atoms with E-state index in [9.17, 15) is 9.18 Å². The maximum absolute atomic E-state index is 13.0. The third-order valence-electron chi connectivity index (χ3n) is 4.46. The minimum atomic E-state index is -0.283. The fourth-order valence-corrected chi connectivity index (χ4v) is 3.41. The van der Waals surface area contributed by atoms with Crippen LogP contribution in [0.2, 0.25) is 0 Å². The van der Waals surface area contributed by atoms with Gasteiger partial charge in [-0.3, -0.25) is 4.79 Å². The molecule has 3 rings (SSSR count). The van der Waals surface area contributed by atoms with Crippen molar-refractivity contribution in [2.24, 2.45) is 11.8 Å². The van der Waals surface area contributed by atoms with Crippen LogP contribution in [0.15, 0.2) is 34.9 Å². The predicted molar refractivity (Wildman–Crippen MR) is 89.7 cm³/mol. The molecule has 128 valence electrons. The molecule has 0 radical (unpaired) electrons. The number of likely N-dealkylation sites (tertiary alicyclic amines) is 1. The van der Waals surface area contributed by atoms with Gasteiger partial charge in [0, 0.05) is 31.5 Å². The lowest BCUT2D eigenvalue weighted by molar-refractivity contribution is -0.133. The second-order valence-corrected chi connectivity index (χ2v) is 6.87. The lowest BCUT2D eigenvalue weighted by Gasteiger charge is -2.35. The van der Waals surface area contributed by atoms with Crippen LogP contribution in [0.3, 0.4) is 0 Å². The largest absolute Gasteiger partial charge is 0.441 e. The number of aryl methyl sites for hydroxylation is 1. The highest BCUT2D eigenvalue weighted by Gasteiger charge is 2.25. The molecule has 0 bridgehead atoms. The number of piperidine rings is 1. The maximum atomic E-state index is 13.0. The summed E-state index contributed by atoms with van der Waals surface area (Å²) in [6.45, 7) is 6.07. The van der Waals surface area contributed by atoms with Gasteiger partial charge in [0.15, 0.2) is 11.7 Å². The zero-order valence-electron chi connectivity index (χ0n) is 14.2. The number of hydrogen-bond donors (Lipinski definition) is 0. The number of benzene rings is 1. The second kappa shape index (κ2) is 7.16. The molecule has 24 heavy (non-hydrogen) atoms. The van der Waals surface area contributed by atoms with Crippen LogP contribution in [0.25, 0.3) is 11.3 Å². The summed E-state index contributed by atoms with van der Waals surface area (Å²) in [4.78, 5) is 18.6. The number of carbonyl (C=O) groups is 1. The van der Waals surface area contributed by atoms with Crippen molar-refractivity contribution >= 4 is 5.91 Å². The fourth-order valence-electron chi connectivity index (χ4n) is 3.41. The molecule has 2 aromatic rings. The van der Waals surface area contributed by atoms with Gasteiger partial charge in [0.2, 0.25) is 5.91 Å². The average Bonchev–Trinajstić information content (AvgIpc) is 3.01. The van der Waals surface area contributed by atoms with Crippen molar-refractivity contribution in [3.05, 3.63) is 42.2 Å². The van der Waals surface area contributed by atoms with Crippen LogP contribution < -0.4 is 0 Å². The van der Waals surface area contributed by atoms with Crippen LogP contribution in [0.5, 0.6) is 0 Å². The Hall–Kier alpha value is -2.17. The second-order valence-electron chi connectivity index (χ2n) is 6.87. The molecular formula is C19H23FN2O2. The third-order valence-corrected chi connectivity index (χ3v) is 4.46. The molecule has 0 N–H and O–H groups in total. The summed E-state index contributed by atoms with van der Waals surface area (Å²) in [6.07, 6.45) is 3.70. The highest BCUT2D eigenvalue weighted by atomic mass is 19.1. The zero-order chi connectivity index (χ0) is 17.1. The first-order chi connectivity index (χ1) is 11.5. The van der Waals surface area contributed by atoms with Gasteiger partial charge in [0.05, 0.1) is 6.20 Å². The van der Waals surface area contributed by atoms with Crippen molar-refractivity contribution in [2.45, 2.75) is 33.1 Å². The van der Waals surface area contributed by atoms with Crippen molar-refractivity contribution in [2.75, 3.05) is 13.1 Å². The van der Waals surface area contributed by atoms with Crippen molar-refractivity contribution in [3.8, 4) is 11.3 Å². The van der Waals surface area contributed by atoms with Gasteiger partial charge in [-0.15, -0.1) is 0 Å². The molecule has 1 aliphatic rings. The summed E-state index contributed by atoms with van der Waals surface area (Å²) >= 11 is 0. The molecule has 2 atom stereocenters. The predicted octanol–water partition coefficient (Wildman–Crippen LogP) is 3.92. The lowest BCUT2D eigenvalue weighted by Crippen LogP contribution is -2.42. The Balaban J connectivity index is 1.57. The number of rotatable bonds is 4. The number of aromatic nitrogens is 1. The molecule has 5 heteroatoms. The molecule has 1 amide bonds. The van der Waals surface area contributed by atoms with Crippen molar-refractivity contribution < 1.29 is 13.6 Å². The van der Waals surface area contributed by atoms with E-state index in [1.165, 1.54) is 18.6 Å². The molecule has 1 aromatic carbocycles. The van der Waals surface area contributed by atoms with Gasteiger partial charge in [-0.1, -0.05) is 13.8 Å². The SMILES string of the molecule is CC1CC(C)CN(C(=O)CCc2ncc(-c3ccc(F)cc3)o2)C1. The van der Waals surface area contributed by atoms with E-state index in [2.05, 4.69) is 18.8 Å².